The molecule has 1 unspecified atom stereocenters. The van der Waals surface area contributed by atoms with Crippen molar-refractivity contribution >= 4 is 45.9 Å². The standard InChI is InChI=1S/C22H24ClN3O3S/c1-12(2)26-21(28)15-8-6-7-9-17(15)25-22(26)30-14(4)20(27)24-18-10-13(3)16(23)11-19(18)29-5/h6-12,14H,1-5H3,(H,24,27). The average Bonchev–Trinajstić information content (AvgIpc) is 2.70. The van der Waals surface area contributed by atoms with E-state index in [2.05, 4.69) is 10.3 Å². The van der Waals surface area contributed by atoms with Crippen molar-refractivity contribution < 1.29 is 9.53 Å². The van der Waals surface area contributed by atoms with Gasteiger partial charge in [0.15, 0.2) is 5.16 Å². The molecule has 0 aliphatic heterocycles. The van der Waals surface area contributed by atoms with Gasteiger partial charge in [-0.15, -0.1) is 0 Å². The quantitative estimate of drug-likeness (QED) is 0.423. The van der Waals surface area contributed by atoms with Crippen molar-refractivity contribution in [3.05, 3.63) is 57.3 Å². The summed E-state index contributed by atoms with van der Waals surface area (Å²) in [6.45, 7) is 7.49. The molecule has 3 rings (SSSR count). The maximum atomic E-state index is 13.0. The van der Waals surface area contributed by atoms with Gasteiger partial charge in [0.2, 0.25) is 5.91 Å². The van der Waals surface area contributed by atoms with Crippen LogP contribution in [0.15, 0.2) is 46.3 Å². The lowest BCUT2D eigenvalue weighted by atomic mass is 10.2. The number of nitrogens with one attached hydrogen (secondary N) is 1. The predicted octanol–water partition coefficient (Wildman–Crippen LogP) is 5.07. The number of hydrogen-bond donors (Lipinski definition) is 1. The van der Waals surface area contributed by atoms with Crippen LogP contribution in [0.4, 0.5) is 5.69 Å². The van der Waals surface area contributed by atoms with E-state index in [0.29, 0.717) is 32.5 Å². The lowest BCUT2D eigenvalue weighted by molar-refractivity contribution is -0.115. The summed E-state index contributed by atoms with van der Waals surface area (Å²) in [5.74, 6) is 0.261. The third-order valence-electron chi connectivity index (χ3n) is 4.68. The van der Waals surface area contributed by atoms with Gasteiger partial charge in [-0.25, -0.2) is 4.98 Å². The Morgan fingerprint density at radius 3 is 2.60 bits per heavy atom. The number of ether oxygens (including phenoxy) is 1. The van der Waals surface area contributed by atoms with E-state index in [1.54, 1.807) is 35.8 Å². The highest BCUT2D eigenvalue weighted by Crippen LogP contribution is 2.32. The zero-order chi connectivity index (χ0) is 22.0. The van der Waals surface area contributed by atoms with E-state index in [9.17, 15) is 9.59 Å². The summed E-state index contributed by atoms with van der Waals surface area (Å²) in [5, 5.41) is 4.03. The van der Waals surface area contributed by atoms with Gasteiger partial charge in [-0.2, -0.15) is 0 Å². The van der Waals surface area contributed by atoms with E-state index in [1.165, 1.54) is 18.9 Å². The average molecular weight is 446 g/mol. The Hall–Kier alpha value is -2.51. The molecule has 0 bridgehead atoms. The lowest BCUT2D eigenvalue weighted by Crippen LogP contribution is -2.28. The Labute approximate surface area is 184 Å². The van der Waals surface area contributed by atoms with Crippen LogP contribution in [0.25, 0.3) is 10.9 Å². The number of amides is 1. The first-order chi connectivity index (χ1) is 14.2. The largest absolute Gasteiger partial charge is 0.495 e. The fourth-order valence-electron chi connectivity index (χ4n) is 3.04. The van der Waals surface area contributed by atoms with Crippen molar-refractivity contribution in [2.24, 2.45) is 0 Å². The molecule has 158 valence electrons. The molecule has 8 heteroatoms. The summed E-state index contributed by atoms with van der Waals surface area (Å²) < 4.78 is 6.96. The Balaban J connectivity index is 1.91. The fraction of sp³-hybridized carbons (Fsp3) is 0.318. The van der Waals surface area contributed by atoms with Crippen LogP contribution < -0.4 is 15.6 Å². The van der Waals surface area contributed by atoms with Crippen LogP contribution >= 0.6 is 23.4 Å². The van der Waals surface area contributed by atoms with Crippen molar-refractivity contribution in [1.82, 2.24) is 9.55 Å². The molecule has 0 fully saturated rings. The minimum Gasteiger partial charge on any atom is -0.495 e. The van der Waals surface area contributed by atoms with Gasteiger partial charge in [-0.3, -0.25) is 14.2 Å². The second-order valence-corrected chi connectivity index (χ2v) is 8.95. The molecule has 1 amide bonds. The minimum absolute atomic E-state index is 0.0913. The molecule has 0 aliphatic carbocycles. The molecule has 1 aromatic heterocycles. The molecule has 3 aromatic rings. The Bertz CT molecular complexity index is 1160. The van der Waals surface area contributed by atoms with Crippen LogP contribution in [0.3, 0.4) is 0 Å². The van der Waals surface area contributed by atoms with Gasteiger partial charge < -0.3 is 10.1 Å². The molecular weight excluding hydrogens is 422 g/mol. The SMILES string of the molecule is COc1cc(Cl)c(C)cc1NC(=O)C(C)Sc1nc2ccccc2c(=O)n1C(C)C. The first kappa shape index (κ1) is 22.2. The van der Waals surface area contributed by atoms with Crippen LogP contribution in [0.5, 0.6) is 5.75 Å². The molecule has 0 aliphatic rings. The highest BCUT2D eigenvalue weighted by molar-refractivity contribution is 8.00. The second-order valence-electron chi connectivity index (χ2n) is 7.23. The highest BCUT2D eigenvalue weighted by Gasteiger charge is 2.22. The number of hydrogen-bond acceptors (Lipinski definition) is 5. The molecular formula is C22H24ClN3O3S. The van der Waals surface area contributed by atoms with Gasteiger partial charge in [0, 0.05) is 17.1 Å². The van der Waals surface area contributed by atoms with Crippen molar-refractivity contribution in [2.45, 2.75) is 44.1 Å². The van der Waals surface area contributed by atoms with E-state index in [0.717, 1.165) is 5.56 Å². The molecule has 0 saturated carbocycles. The summed E-state index contributed by atoms with van der Waals surface area (Å²) in [7, 11) is 1.52. The minimum atomic E-state index is -0.497. The molecule has 1 atom stereocenters. The van der Waals surface area contributed by atoms with Gasteiger partial charge >= 0.3 is 0 Å². The number of halogens is 1. The third-order valence-corrected chi connectivity index (χ3v) is 6.16. The maximum absolute atomic E-state index is 13.0. The Kier molecular flexibility index (Phi) is 6.73. The van der Waals surface area contributed by atoms with Crippen molar-refractivity contribution in [3.8, 4) is 5.75 Å². The zero-order valence-corrected chi connectivity index (χ0v) is 19.1. The molecule has 1 N–H and O–H groups in total. The summed E-state index contributed by atoms with van der Waals surface area (Å²) in [6, 6.07) is 10.6. The number of carbonyl (C=O) groups is 1. The monoisotopic (exact) mass is 445 g/mol. The van der Waals surface area contributed by atoms with Gasteiger partial charge in [0.1, 0.15) is 5.75 Å². The number of para-hydroxylation sites is 1. The number of fused-ring (bicyclic) bond motifs is 1. The number of aryl methyl sites for hydroxylation is 1. The molecule has 0 radical (unpaired) electrons. The summed E-state index contributed by atoms with van der Waals surface area (Å²) in [5.41, 5.74) is 1.88. The van der Waals surface area contributed by atoms with Crippen molar-refractivity contribution in [1.29, 1.82) is 0 Å². The molecule has 0 spiro atoms. The summed E-state index contributed by atoms with van der Waals surface area (Å²) in [4.78, 5) is 30.5. The van der Waals surface area contributed by atoms with E-state index in [-0.39, 0.29) is 17.5 Å². The zero-order valence-electron chi connectivity index (χ0n) is 17.5. The van der Waals surface area contributed by atoms with Crippen LogP contribution in [0.1, 0.15) is 32.4 Å². The molecule has 1 heterocycles. The van der Waals surface area contributed by atoms with Gasteiger partial charge in [-0.05, 0) is 51.5 Å². The fourth-order valence-corrected chi connectivity index (χ4v) is 4.23. The van der Waals surface area contributed by atoms with Gasteiger partial charge in [0.25, 0.3) is 5.56 Å². The Morgan fingerprint density at radius 1 is 1.23 bits per heavy atom. The number of rotatable bonds is 6. The maximum Gasteiger partial charge on any atom is 0.262 e. The van der Waals surface area contributed by atoms with Gasteiger partial charge in [-0.1, -0.05) is 35.5 Å². The smallest absolute Gasteiger partial charge is 0.262 e. The Morgan fingerprint density at radius 2 is 1.93 bits per heavy atom. The molecule has 30 heavy (non-hydrogen) atoms. The molecule has 6 nitrogen and oxygen atoms in total. The number of thioether (sulfide) groups is 1. The number of methoxy groups -OCH3 is 1. The van der Waals surface area contributed by atoms with Crippen molar-refractivity contribution in [3.63, 3.8) is 0 Å². The predicted molar refractivity (Wildman–Crippen MR) is 123 cm³/mol. The lowest BCUT2D eigenvalue weighted by Gasteiger charge is -2.19. The van der Waals surface area contributed by atoms with Crippen LogP contribution in [0, 0.1) is 6.92 Å². The number of nitrogens with zero attached hydrogens (tertiary/aromatic N) is 2. The summed E-state index contributed by atoms with van der Waals surface area (Å²) >= 11 is 7.39. The normalized spacial score (nSPS) is 12.2. The van der Waals surface area contributed by atoms with Crippen LogP contribution in [0.2, 0.25) is 5.02 Å². The molecule has 2 aromatic carbocycles. The number of aromatic nitrogens is 2. The van der Waals surface area contributed by atoms with Crippen LogP contribution in [-0.2, 0) is 4.79 Å². The first-order valence-electron chi connectivity index (χ1n) is 9.55. The van der Waals surface area contributed by atoms with Crippen molar-refractivity contribution in [2.75, 3.05) is 12.4 Å². The molecule has 0 saturated heterocycles. The third kappa shape index (κ3) is 4.47. The highest BCUT2D eigenvalue weighted by atomic mass is 35.5. The first-order valence-corrected chi connectivity index (χ1v) is 10.8. The summed E-state index contributed by atoms with van der Waals surface area (Å²) in [6.07, 6.45) is 0. The van der Waals surface area contributed by atoms with E-state index in [1.807, 2.05) is 32.9 Å². The van der Waals surface area contributed by atoms with E-state index >= 15 is 0 Å². The van der Waals surface area contributed by atoms with E-state index < -0.39 is 5.25 Å². The topological polar surface area (TPSA) is 73.2 Å². The number of benzene rings is 2. The van der Waals surface area contributed by atoms with Gasteiger partial charge in [0.05, 0.1) is 29.0 Å². The number of carbonyl (C=O) groups excluding carboxylic acids is 1. The van der Waals surface area contributed by atoms with Crippen LogP contribution in [-0.4, -0.2) is 27.8 Å². The number of anilines is 1. The second kappa shape index (κ2) is 9.10. The van der Waals surface area contributed by atoms with E-state index in [4.69, 9.17) is 16.3 Å².